The Labute approximate surface area is 88.7 Å². The third kappa shape index (κ3) is 12.4. The molecule has 15 heavy (non-hydrogen) atoms. The molecule has 0 aliphatic carbocycles. The minimum atomic E-state index is -0.981. The van der Waals surface area contributed by atoms with Crippen molar-refractivity contribution in [3.63, 3.8) is 0 Å². The largest absolute Gasteiger partial charge is 0.478 e. The summed E-state index contributed by atoms with van der Waals surface area (Å²) in [4.78, 5) is 19.9. The van der Waals surface area contributed by atoms with E-state index < -0.39 is 18.0 Å². The summed E-state index contributed by atoms with van der Waals surface area (Å²) in [5.74, 6) is -1.44. The van der Waals surface area contributed by atoms with Gasteiger partial charge in [0.05, 0.1) is 6.61 Å². The van der Waals surface area contributed by atoms with E-state index >= 15 is 0 Å². The van der Waals surface area contributed by atoms with Gasteiger partial charge >= 0.3 is 11.9 Å². The average Bonchev–Trinajstić information content (AvgIpc) is 2.18. The van der Waals surface area contributed by atoms with Crippen LogP contribution in [0, 0.1) is 0 Å². The second-order valence-corrected chi connectivity index (χ2v) is 2.72. The van der Waals surface area contributed by atoms with E-state index in [-0.39, 0.29) is 6.61 Å². The van der Waals surface area contributed by atoms with Gasteiger partial charge in [0.15, 0.2) is 0 Å². The Balaban J connectivity index is 0. The molecule has 0 bridgehead atoms. The first kappa shape index (κ1) is 15.8. The number of aliphatic hydroxyl groups excluding tert-OH is 1. The zero-order valence-electron chi connectivity index (χ0n) is 8.90. The zero-order valence-corrected chi connectivity index (χ0v) is 8.90. The lowest BCUT2D eigenvalue weighted by atomic mass is 10.3. The monoisotopic (exact) mass is 216 g/mol. The minimum Gasteiger partial charge on any atom is -0.478 e. The third-order valence-electron chi connectivity index (χ3n) is 1.09. The number of carbonyl (C=O) groups is 2. The molecule has 0 rings (SSSR count). The van der Waals surface area contributed by atoms with Gasteiger partial charge in [0.2, 0.25) is 0 Å². The second kappa shape index (κ2) is 8.96. The Bertz CT molecular complexity index is 244. The van der Waals surface area contributed by atoms with Crippen molar-refractivity contribution in [1.82, 2.24) is 0 Å². The molecule has 0 aromatic carbocycles. The van der Waals surface area contributed by atoms with Crippen LogP contribution in [0.2, 0.25) is 0 Å². The molecule has 0 aliphatic rings. The van der Waals surface area contributed by atoms with E-state index in [9.17, 15) is 9.59 Å². The van der Waals surface area contributed by atoms with Gasteiger partial charge in [0, 0.05) is 11.6 Å². The first-order valence-electron chi connectivity index (χ1n) is 4.17. The SMILES string of the molecule is C=C(C)C(=O)OC(C)CO.C=CC(=O)O. The predicted molar refractivity (Wildman–Crippen MR) is 55.3 cm³/mol. The first-order chi connectivity index (χ1) is 6.84. The highest BCUT2D eigenvalue weighted by Gasteiger charge is 2.07. The van der Waals surface area contributed by atoms with Gasteiger partial charge in [-0.2, -0.15) is 0 Å². The van der Waals surface area contributed by atoms with E-state index in [4.69, 9.17) is 10.2 Å². The predicted octanol–water partition coefficient (Wildman–Crippen LogP) is 0.744. The maximum Gasteiger partial charge on any atom is 0.333 e. The van der Waals surface area contributed by atoms with E-state index in [1.165, 1.54) is 0 Å². The number of hydrogen-bond donors (Lipinski definition) is 2. The number of rotatable bonds is 4. The Kier molecular flexibility index (Phi) is 9.45. The summed E-state index contributed by atoms with van der Waals surface area (Å²) in [6, 6.07) is 0. The van der Waals surface area contributed by atoms with Gasteiger partial charge in [0.1, 0.15) is 6.10 Å². The van der Waals surface area contributed by atoms with E-state index in [1.807, 2.05) is 0 Å². The molecule has 0 amide bonds. The Morgan fingerprint density at radius 3 is 2.13 bits per heavy atom. The molecule has 0 aromatic rings. The second-order valence-electron chi connectivity index (χ2n) is 2.72. The van der Waals surface area contributed by atoms with Crippen LogP contribution in [0.1, 0.15) is 13.8 Å². The van der Waals surface area contributed by atoms with Crippen molar-refractivity contribution in [2.24, 2.45) is 0 Å². The Morgan fingerprint density at radius 2 is 1.93 bits per heavy atom. The van der Waals surface area contributed by atoms with Crippen LogP contribution in [0.3, 0.4) is 0 Å². The van der Waals surface area contributed by atoms with Crippen LogP contribution in [-0.4, -0.2) is 34.9 Å². The summed E-state index contributed by atoms with van der Waals surface area (Å²) in [6.45, 7) is 9.37. The topological polar surface area (TPSA) is 83.8 Å². The fourth-order valence-electron chi connectivity index (χ4n) is 0.321. The van der Waals surface area contributed by atoms with E-state index in [0.717, 1.165) is 6.08 Å². The molecule has 86 valence electrons. The van der Waals surface area contributed by atoms with Crippen LogP contribution in [0.4, 0.5) is 0 Å². The van der Waals surface area contributed by atoms with Crippen molar-refractivity contribution in [3.05, 3.63) is 24.8 Å². The minimum absolute atomic E-state index is 0.154. The lowest BCUT2D eigenvalue weighted by molar-refractivity contribution is -0.145. The molecule has 0 aromatic heterocycles. The van der Waals surface area contributed by atoms with Gasteiger partial charge in [-0.1, -0.05) is 13.2 Å². The lowest BCUT2D eigenvalue weighted by Crippen LogP contribution is -2.18. The van der Waals surface area contributed by atoms with Crippen molar-refractivity contribution in [3.8, 4) is 0 Å². The van der Waals surface area contributed by atoms with E-state index in [2.05, 4.69) is 17.9 Å². The van der Waals surface area contributed by atoms with Gasteiger partial charge in [0.25, 0.3) is 0 Å². The zero-order chi connectivity index (χ0) is 12.4. The molecule has 0 heterocycles. The molecule has 0 saturated carbocycles. The number of carboxylic acids is 1. The summed E-state index contributed by atoms with van der Waals surface area (Å²) in [7, 11) is 0. The normalized spacial score (nSPS) is 10.3. The quantitative estimate of drug-likeness (QED) is 0.535. The standard InChI is InChI=1S/C7H12O3.C3H4O2/c1-5(2)7(9)10-6(3)4-8;1-2-3(4)5/h6,8H,1,4H2,2-3H3;2H,1H2,(H,4,5). The number of ether oxygens (including phenoxy) is 1. The molecule has 5 nitrogen and oxygen atoms in total. The molecule has 2 N–H and O–H groups in total. The fraction of sp³-hybridized carbons (Fsp3) is 0.400. The molecule has 0 aliphatic heterocycles. The Hall–Kier alpha value is -1.62. The molecule has 0 spiro atoms. The van der Waals surface area contributed by atoms with E-state index in [1.54, 1.807) is 13.8 Å². The molecule has 1 unspecified atom stereocenters. The van der Waals surface area contributed by atoms with Crippen molar-refractivity contribution >= 4 is 11.9 Å². The van der Waals surface area contributed by atoms with Crippen LogP contribution in [-0.2, 0) is 14.3 Å². The van der Waals surface area contributed by atoms with Crippen molar-refractivity contribution in [1.29, 1.82) is 0 Å². The van der Waals surface area contributed by atoms with Crippen LogP contribution in [0.15, 0.2) is 24.8 Å². The number of carbonyl (C=O) groups excluding carboxylic acids is 1. The number of hydrogen-bond acceptors (Lipinski definition) is 4. The summed E-state index contributed by atoms with van der Waals surface area (Å²) in [6.07, 6.45) is 0.393. The smallest absolute Gasteiger partial charge is 0.333 e. The van der Waals surface area contributed by atoms with Gasteiger partial charge < -0.3 is 14.9 Å². The highest BCUT2D eigenvalue weighted by atomic mass is 16.5. The lowest BCUT2D eigenvalue weighted by Gasteiger charge is -2.08. The van der Waals surface area contributed by atoms with Crippen LogP contribution >= 0.6 is 0 Å². The highest BCUT2D eigenvalue weighted by molar-refractivity contribution is 5.87. The first-order valence-corrected chi connectivity index (χ1v) is 4.17. The van der Waals surface area contributed by atoms with Crippen molar-refractivity contribution in [2.45, 2.75) is 20.0 Å². The van der Waals surface area contributed by atoms with Crippen LogP contribution < -0.4 is 0 Å². The summed E-state index contributed by atoms with van der Waals surface area (Å²) in [5, 5.41) is 16.1. The van der Waals surface area contributed by atoms with Gasteiger partial charge in [-0.3, -0.25) is 0 Å². The number of carboxylic acid groups (broad SMARTS) is 1. The maximum atomic E-state index is 10.7. The molecular weight excluding hydrogens is 200 g/mol. The van der Waals surface area contributed by atoms with Gasteiger partial charge in [-0.15, -0.1) is 0 Å². The summed E-state index contributed by atoms with van der Waals surface area (Å²) < 4.78 is 4.67. The molecule has 1 atom stereocenters. The van der Waals surface area contributed by atoms with Crippen LogP contribution in [0.25, 0.3) is 0 Å². The van der Waals surface area contributed by atoms with Gasteiger partial charge in [-0.25, -0.2) is 9.59 Å². The number of aliphatic carboxylic acids is 1. The summed E-state index contributed by atoms with van der Waals surface area (Å²) >= 11 is 0. The number of aliphatic hydroxyl groups is 1. The fourth-order valence-corrected chi connectivity index (χ4v) is 0.321. The molecule has 5 heteroatoms. The van der Waals surface area contributed by atoms with Gasteiger partial charge in [-0.05, 0) is 13.8 Å². The number of esters is 1. The molecule has 0 saturated heterocycles. The highest BCUT2D eigenvalue weighted by Crippen LogP contribution is 1.96. The summed E-state index contributed by atoms with van der Waals surface area (Å²) in [5.41, 5.74) is 0.347. The van der Waals surface area contributed by atoms with Crippen molar-refractivity contribution < 1.29 is 24.5 Å². The Morgan fingerprint density at radius 1 is 1.53 bits per heavy atom. The molecule has 0 fully saturated rings. The van der Waals surface area contributed by atoms with Crippen molar-refractivity contribution in [2.75, 3.05) is 6.61 Å². The molecular formula is C10H16O5. The average molecular weight is 216 g/mol. The third-order valence-corrected chi connectivity index (χ3v) is 1.09. The van der Waals surface area contributed by atoms with E-state index in [0.29, 0.717) is 5.57 Å². The van der Waals surface area contributed by atoms with Crippen LogP contribution in [0.5, 0.6) is 0 Å². The maximum absolute atomic E-state index is 10.7. The molecule has 0 radical (unpaired) electrons.